The van der Waals surface area contributed by atoms with Gasteiger partial charge in [-0.15, -0.1) is 0 Å². The van der Waals surface area contributed by atoms with Crippen molar-refractivity contribution in [3.63, 3.8) is 0 Å². The van der Waals surface area contributed by atoms with E-state index in [1.165, 1.54) is 5.56 Å². The van der Waals surface area contributed by atoms with Crippen LogP contribution >= 0.6 is 0 Å². The molecule has 3 rings (SSSR count). The normalized spacial score (nSPS) is 17.5. The van der Waals surface area contributed by atoms with Crippen LogP contribution < -0.4 is 4.74 Å². The highest BCUT2D eigenvalue weighted by Crippen LogP contribution is 2.17. The summed E-state index contributed by atoms with van der Waals surface area (Å²) < 4.78 is 5.84. The Bertz CT molecular complexity index is 634. The van der Waals surface area contributed by atoms with Crippen LogP contribution in [0.25, 0.3) is 0 Å². The molecule has 1 aliphatic heterocycles. The van der Waals surface area contributed by atoms with Crippen LogP contribution in [0.2, 0.25) is 0 Å². The molecule has 1 fully saturated rings. The van der Waals surface area contributed by atoms with Crippen molar-refractivity contribution in [1.82, 2.24) is 14.9 Å². The number of aryl methyl sites for hydroxylation is 1. The van der Waals surface area contributed by atoms with Gasteiger partial charge in [-0.25, -0.2) is 4.98 Å². The third-order valence-electron chi connectivity index (χ3n) is 4.26. The lowest BCUT2D eigenvalue weighted by molar-refractivity contribution is -0.133. The summed E-state index contributed by atoms with van der Waals surface area (Å²) >= 11 is 0. The van der Waals surface area contributed by atoms with Gasteiger partial charge in [0, 0.05) is 25.4 Å². The lowest BCUT2D eigenvalue weighted by atomic mass is 10.1. The Kier molecular flexibility index (Phi) is 5.77. The van der Waals surface area contributed by atoms with Gasteiger partial charge in [0.2, 0.25) is 11.8 Å². The Labute approximate surface area is 142 Å². The molecular weight excluding hydrogens is 302 g/mol. The molecule has 0 bridgehead atoms. The van der Waals surface area contributed by atoms with Gasteiger partial charge in [0.15, 0.2) is 0 Å². The van der Waals surface area contributed by atoms with E-state index in [9.17, 15) is 4.79 Å². The predicted molar refractivity (Wildman–Crippen MR) is 91.6 cm³/mol. The van der Waals surface area contributed by atoms with E-state index < -0.39 is 0 Å². The minimum Gasteiger partial charge on any atom is -0.471 e. The average Bonchev–Trinajstić information content (AvgIpc) is 2.64. The Morgan fingerprint density at radius 1 is 1.25 bits per heavy atom. The van der Waals surface area contributed by atoms with Gasteiger partial charge >= 0.3 is 0 Å². The first kappa shape index (κ1) is 16.4. The van der Waals surface area contributed by atoms with Gasteiger partial charge in [-0.1, -0.05) is 30.3 Å². The first-order valence-corrected chi connectivity index (χ1v) is 8.55. The van der Waals surface area contributed by atoms with Gasteiger partial charge in [0.1, 0.15) is 6.10 Å². The fraction of sp³-hybridized carbons (Fsp3) is 0.421. The Morgan fingerprint density at radius 2 is 2.12 bits per heavy atom. The number of rotatable bonds is 6. The monoisotopic (exact) mass is 325 g/mol. The predicted octanol–water partition coefficient (Wildman–Crippen LogP) is 2.87. The summed E-state index contributed by atoms with van der Waals surface area (Å²) in [5.74, 6) is 0.749. The minimum absolute atomic E-state index is 0.00789. The number of piperidine rings is 1. The molecule has 2 heterocycles. The SMILES string of the molecule is O=C(CCCc1ccccc1)N1CCC[C@H](Oc2cnccn2)C1. The molecule has 0 unspecified atom stereocenters. The zero-order valence-corrected chi connectivity index (χ0v) is 13.8. The largest absolute Gasteiger partial charge is 0.471 e. The maximum Gasteiger partial charge on any atom is 0.232 e. The molecule has 126 valence electrons. The van der Waals surface area contributed by atoms with E-state index in [1.807, 2.05) is 23.1 Å². The number of hydrogen-bond donors (Lipinski definition) is 0. The van der Waals surface area contributed by atoms with Crippen molar-refractivity contribution >= 4 is 5.91 Å². The molecule has 0 spiro atoms. The second kappa shape index (κ2) is 8.43. The lowest BCUT2D eigenvalue weighted by Gasteiger charge is -2.32. The minimum atomic E-state index is 0.00789. The van der Waals surface area contributed by atoms with E-state index in [4.69, 9.17) is 4.74 Å². The molecule has 5 heteroatoms. The van der Waals surface area contributed by atoms with Crippen molar-refractivity contribution in [2.24, 2.45) is 0 Å². The van der Waals surface area contributed by atoms with Crippen molar-refractivity contribution in [1.29, 1.82) is 0 Å². The molecule has 1 saturated heterocycles. The van der Waals surface area contributed by atoms with Gasteiger partial charge in [-0.2, -0.15) is 0 Å². The second-order valence-corrected chi connectivity index (χ2v) is 6.10. The van der Waals surface area contributed by atoms with Crippen LogP contribution in [0.5, 0.6) is 5.88 Å². The van der Waals surface area contributed by atoms with Gasteiger partial charge in [-0.3, -0.25) is 9.78 Å². The molecule has 0 radical (unpaired) electrons. The highest BCUT2D eigenvalue weighted by molar-refractivity contribution is 5.76. The third kappa shape index (κ3) is 4.78. The van der Waals surface area contributed by atoms with Crippen LogP contribution in [0.3, 0.4) is 0 Å². The highest BCUT2D eigenvalue weighted by atomic mass is 16.5. The molecule has 1 amide bonds. The number of likely N-dealkylation sites (tertiary alicyclic amines) is 1. The molecule has 1 aromatic carbocycles. The Hall–Kier alpha value is -2.43. The smallest absolute Gasteiger partial charge is 0.232 e. The summed E-state index contributed by atoms with van der Waals surface area (Å²) in [5, 5.41) is 0. The highest BCUT2D eigenvalue weighted by Gasteiger charge is 2.24. The first-order valence-electron chi connectivity index (χ1n) is 8.55. The van der Waals surface area contributed by atoms with Gasteiger partial charge in [0.05, 0.1) is 12.7 Å². The maximum atomic E-state index is 12.4. The molecular formula is C19H23N3O2. The van der Waals surface area contributed by atoms with Crippen molar-refractivity contribution in [2.75, 3.05) is 13.1 Å². The van der Waals surface area contributed by atoms with Crippen LogP contribution in [-0.2, 0) is 11.2 Å². The second-order valence-electron chi connectivity index (χ2n) is 6.10. The van der Waals surface area contributed by atoms with Crippen LogP contribution in [-0.4, -0.2) is 40.0 Å². The Balaban J connectivity index is 1.44. The van der Waals surface area contributed by atoms with E-state index in [-0.39, 0.29) is 12.0 Å². The molecule has 5 nitrogen and oxygen atoms in total. The fourth-order valence-corrected chi connectivity index (χ4v) is 3.02. The van der Waals surface area contributed by atoms with Crippen LogP contribution in [0.15, 0.2) is 48.9 Å². The number of carbonyl (C=O) groups excluding carboxylic acids is 1. The van der Waals surface area contributed by atoms with Crippen LogP contribution in [0.1, 0.15) is 31.2 Å². The number of carbonyl (C=O) groups is 1. The molecule has 1 aromatic heterocycles. The molecule has 0 saturated carbocycles. The van der Waals surface area contributed by atoms with Crippen molar-refractivity contribution in [3.05, 3.63) is 54.5 Å². The van der Waals surface area contributed by atoms with Gasteiger partial charge < -0.3 is 9.64 Å². The third-order valence-corrected chi connectivity index (χ3v) is 4.26. The van der Waals surface area contributed by atoms with E-state index in [0.717, 1.165) is 32.2 Å². The van der Waals surface area contributed by atoms with Crippen molar-refractivity contribution in [2.45, 2.75) is 38.2 Å². The lowest BCUT2D eigenvalue weighted by Crippen LogP contribution is -2.44. The quantitative estimate of drug-likeness (QED) is 0.819. The zero-order chi connectivity index (χ0) is 16.6. The van der Waals surface area contributed by atoms with Crippen LogP contribution in [0.4, 0.5) is 0 Å². The summed E-state index contributed by atoms with van der Waals surface area (Å²) in [6.07, 6.45) is 9.19. The van der Waals surface area contributed by atoms with E-state index in [0.29, 0.717) is 18.8 Å². The summed E-state index contributed by atoms with van der Waals surface area (Å²) in [4.78, 5) is 22.5. The number of benzene rings is 1. The number of hydrogen-bond acceptors (Lipinski definition) is 4. The molecule has 1 atom stereocenters. The molecule has 0 aliphatic carbocycles. The average molecular weight is 325 g/mol. The molecule has 1 aliphatic rings. The van der Waals surface area contributed by atoms with E-state index >= 15 is 0 Å². The zero-order valence-electron chi connectivity index (χ0n) is 13.8. The summed E-state index contributed by atoms with van der Waals surface area (Å²) in [6, 6.07) is 10.3. The van der Waals surface area contributed by atoms with Gasteiger partial charge in [-0.05, 0) is 31.2 Å². The summed E-state index contributed by atoms with van der Waals surface area (Å²) in [6.45, 7) is 1.46. The topological polar surface area (TPSA) is 55.3 Å². The van der Waals surface area contributed by atoms with Crippen molar-refractivity contribution in [3.8, 4) is 5.88 Å². The summed E-state index contributed by atoms with van der Waals surface area (Å²) in [5.41, 5.74) is 1.29. The van der Waals surface area contributed by atoms with Crippen molar-refractivity contribution < 1.29 is 9.53 Å². The Morgan fingerprint density at radius 3 is 2.92 bits per heavy atom. The number of nitrogens with zero attached hydrogens (tertiary/aromatic N) is 3. The molecule has 0 N–H and O–H groups in total. The standard InChI is InChI=1S/C19H23N3O2/c23-19(10-4-8-16-6-2-1-3-7-16)22-13-5-9-17(15-22)24-18-14-20-11-12-21-18/h1-3,6-7,11-12,14,17H,4-5,8-10,13,15H2/t17-/m0/s1. The summed E-state index contributed by atoms with van der Waals surface area (Å²) in [7, 11) is 0. The number of ether oxygens (including phenoxy) is 1. The van der Waals surface area contributed by atoms with E-state index in [1.54, 1.807) is 18.6 Å². The maximum absolute atomic E-state index is 12.4. The first-order chi connectivity index (χ1) is 11.8. The molecule has 24 heavy (non-hydrogen) atoms. The number of aromatic nitrogens is 2. The molecule has 2 aromatic rings. The fourth-order valence-electron chi connectivity index (χ4n) is 3.02. The van der Waals surface area contributed by atoms with E-state index in [2.05, 4.69) is 22.1 Å². The van der Waals surface area contributed by atoms with Gasteiger partial charge in [0.25, 0.3) is 0 Å². The van der Waals surface area contributed by atoms with Crippen LogP contribution in [0, 0.1) is 0 Å². The number of amides is 1.